The van der Waals surface area contributed by atoms with E-state index in [0.29, 0.717) is 0 Å². The monoisotopic (exact) mass is 294 g/mol. The molecule has 0 aromatic heterocycles. The molecule has 0 aliphatic carbocycles. The lowest BCUT2D eigenvalue weighted by Crippen LogP contribution is -2.63. The molecule has 0 aromatic rings. The van der Waals surface area contributed by atoms with E-state index in [1.165, 1.54) is 84.3 Å². The van der Waals surface area contributed by atoms with E-state index in [1.54, 1.807) is 0 Å². The molecule has 1 unspecified atom stereocenters. The molecule has 3 saturated heterocycles. The van der Waals surface area contributed by atoms with Crippen LogP contribution in [-0.4, -0.2) is 79.6 Å². The van der Waals surface area contributed by atoms with Gasteiger partial charge in [0.25, 0.3) is 0 Å². The molecule has 4 heteroatoms. The molecule has 21 heavy (non-hydrogen) atoms. The van der Waals surface area contributed by atoms with Crippen molar-refractivity contribution in [3.63, 3.8) is 0 Å². The number of hydrogen-bond donors (Lipinski definition) is 1. The van der Waals surface area contributed by atoms with Gasteiger partial charge in [-0.15, -0.1) is 0 Å². The van der Waals surface area contributed by atoms with Crippen LogP contribution in [0.25, 0.3) is 0 Å². The van der Waals surface area contributed by atoms with Crippen LogP contribution < -0.4 is 5.73 Å². The van der Waals surface area contributed by atoms with E-state index in [0.717, 1.165) is 12.5 Å². The average molecular weight is 294 g/mol. The first-order valence-corrected chi connectivity index (χ1v) is 9.08. The highest BCUT2D eigenvalue weighted by Crippen LogP contribution is 2.31. The summed E-state index contributed by atoms with van der Waals surface area (Å²) in [5.74, 6) is 0.926. The zero-order valence-electron chi connectivity index (χ0n) is 13.9. The molecule has 122 valence electrons. The Morgan fingerprint density at radius 3 is 2.33 bits per heavy atom. The first kappa shape index (κ1) is 15.7. The normalized spacial score (nSPS) is 34.6. The highest BCUT2D eigenvalue weighted by molar-refractivity contribution is 4.98. The number of nitrogens with two attached hydrogens (primary N) is 1. The second-order valence-corrected chi connectivity index (χ2v) is 7.71. The molecule has 0 bridgehead atoms. The second kappa shape index (κ2) is 6.95. The summed E-state index contributed by atoms with van der Waals surface area (Å²) in [6.07, 6.45) is 8.19. The standard InChI is InChI=1S/C17H34N4/c1-19-8-4-7-17(14-18,15-19)21-11-5-16(6-12-21)13-20-9-2-3-10-20/h16H,2-15,18H2,1H3. The minimum Gasteiger partial charge on any atom is -0.329 e. The molecule has 0 radical (unpaired) electrons. The summed E-state index contributed by atoms with van der Waals surface area (Å²) in [4.78, 5) is 7.91. The third-order valence-electron chi connectivity index (χ3n) is 6.13. The van der Waals surface area contributed by atoms with Crippen LogP contribution in [0.15, 0.2) is 0 Å². The first-order chi connectivity index (χ1) is 10.2. The fourth-order valence-electron chi connectivity index (χ4n) is 4.81. The maximum atomic E-state index is 6.22. The Morgan fingerprint density at radius 2 is 1.71 bits per heavy atom. The molecule has 0 spiro atoms. The van der Waals surface area contributed by atoms with E-state index in [9.17, 15) is 0 Å². The lowest BCUT2D eigenvalue weighted by atomic mass is 9.84. The second-order valence-electron chi connectivity index (χ2n) is 7.71. The first-order valence-electron chi connectivity index (χ1n) is 9.08. The zero-order valence-corrected chi connectivity index (χ0v) is 13.9. The molecular weight excluding hydrogens is 260 g/mol. The largest absolute Gasteiger partial charge is 0.329 e. The molecule has 3 fully saturated rings. The number of piperidine rings is 2. The summed E-state index contributed by atoms with van der Waals surface area (Å²) < 4.78 is 0. The summed E-state index contributed by atoms with van der Waals surface area (Å²) >= 11 is 0. The van der Waals surface area contributed by atoms with E-state index in [2.05, 4.69) is 21.7 Å². The van der Waals surface area contributed by atoms with Crippen LogP contribution >= 0.6 is 0 Å². The molecule has 3 aliphatic rings. The number of hydrogen-bond acceptors (Lipinski definition) is 4. The van der Waals surface area contributed by atoms with E-state index in [4.69, 9.17) is 5.73 Å². The third kappa shape index (κ3) is 3.61. The minimum absolute atomic E-state index is 0.269. The van der Waals surface area contributed by atoms with Gasteiger partial charge in [-0.25, -0.2) is 0 Å². The van der Waals surface area contributed by atoms with Gasteiger partial charge in [0.05, 0.1) is 0 Å². The summed E-state index contributed by atoms with van der Waals surface area (Å²) in [7, 11) is 2.25. The molecule has 3 rings (SSSR count). The number of rotatable bonds is 4. The van der Waals surface area contributed by atoms with E-state index < -0.39 is 0 Å². The van der Waals surface area contributed by atoms with Crippen LogP contribution in [0.1, 0.15) is 38.5 Å². The Balaban J connectivity index is 1.51. The van der Waals surface area contributed by atoms with Crippen molar-refractivity contribution in [2.24, 2.45) is 11.7 Å². The van der Waals surface area contributed by atoms with Crippen molar-refractivity contribution >= 4 is 0 Å². The fourth-order valence-corrected chi connectivity index (χ4v) is 4.81. The van der Waals surface area contributed by atoms with Crippen LogP contribution in [0.4, 0.5) is 0 Å². The van der Waals surface area contributed by atoms with Crippen molar-refractivity contribution in [3.8, 4) is 0 Å². The van der Waals surface area contributed by atoms with Crippen molar-refractivity contribution in [2.45, 2.75) is 44.1 Å². The highest BCUT2D eigenvalue weighted by atomic mass is 15.3. The van der Waals surface area contributed by atoms with E-state index in [-0.39, 0.29) is 5.54 Å². The van der Waals surface area contributed by atoms with Gasteiger partial charge in [-0.3, -0.25) is 4.90 Å². The SMILES string of the molecule is CN1CCCC(CN)(N2CCC(CN3CCCC3)CC2)C1. The summed E-state index contributed by atoms with van der Waals surface area (Å²) in [5.41, 5.74) is 6.49. The van der Waals surface area contributed by atoms with Gasteiger partial charge < -0.3 is 15.5 Å². The van der Waals surface area contributed by atoms with Gasteiger partial charge in [-0.2, -0.15) is 0 Å². The van der Waals surface area contributed by atoms with Gasteiger partial charge in [0.15, 0.2) is 0 Å². The molecular formula is C17H34N4. The van der Waals surface area contributed by atoms with Gasteiger partial charge in [-0.05, 0) is 84.2 Å². The van der Waals surface area contributed by atoms with Gasteiger partial charge in [0, 0.05) is 25.2 Å². The molecule has 0 amide bonds. The Labute approximate surface area is 130 Å². The van der Waals surface area contributed by atoms with Gasteiger partial charge in [0.2, 0.25) is 0 Å². The number of likely N-dealkylation sites (tertiary alicyclic amines) is 3. The third-order valence-corrected chi connectivity index (χ3v) is 6.13. The molecule has 2 N–H and O–H groups in total. The topological polar surface area (TPSA) is 35.7 Å². The predicted octanol–water partition coefficient (Wildman–Crippen LogP) is 1.22. The Morgan fingerprint density at radius 1 is 1.00 bits per heavy atom. The van der Waals surface area contributed by atoms with Crippen molar-refractivity contribution in [1.29, 1.82) is 0 Å². The average Bonchev–Trinajstić information content (AvgIpc) is 3.01. The van der Waals surface area contributed by atoms with Crippen molar-refractivity contribution in [1.82, 2.24) is 14.7 Å². The Hall–Kier alpha value is -0.160. The maximum Gasteiger partial charge on any atom is 0.0458 e. The lowest BCUT2D eigenvalue weighted by molar-refractivity contribution is 0.0000973. The van der Waals surface area contributed by atoms with Gasteiger partial charge in [0.1, 0.15) is 0 Å². The minimum atomic E-state index is 0.269. The van der Waals surface area contributed by atoms with Crippen LogP contribution in [0.2, 0.25) is 0 Å². The van der Waals surface area contributed by atoms with Crippen molar-refractivity contribution in [3.05, 3.63) is 0 Å². The number of nitrogens with zero attached hydrogens (tertiary/aromatic N) is 3. The highest BCUT2D eigenvalue weighted by Gasteiger charge is 2.40. The summed E-state index contributed by atoms with van der Waals surface area (Å²) in [6, 6.07) is 0. The molecule has 0 saturated carbocycles. The smallest absolute Gasteiger partial charge is 0.0458 e. The Bertz CT molecular complexity index is 321. The predicted molar refractivity (Wildman–Crippen MR) is 88.5 cm³/mol. The Kier molecular flexibility index (Phi) is 5.20. The lowest BCUT2D eigenvalue weighted by Gasteiger charge is -2.51. The van der Waals surface area contributed by atoms with Crippen LogP contribution in [0.5, 0.6) is 0 Å². The molecule has 0 aromatic carbocycles. The van der Waals surface area contributed by atoms with Gasteiger partial charge >= 0.3 is 0 Å². The molecule has 1 atom stereocenters. The van der Waals surface area contributed by atoms with Crippen molar-refractivity contribution < 1.29 is 0 Å². The van der Waals surface area contributed by atoms with Crippen LogP contribution in [0.3, 0.4) is 0 Å². The molecule has 3 heterocycles. The molecule has 4 nitrogen and oxygen atoms in total. The van der Waals surface area contributed by atoms with Gasteiger partial charge in [-0.1, -0.05) is 0 Å². The maximum absolute atomic E-state index is 6.22. The zero-order chi connectivity index (χ0) is 14.7. The van der Waals surface area contributed by atoms with E-state index >= 15 is 0 Å². The fraction of sp³-hybridized carbons (Fsp3) is 1.00. The number of likely N-dealkylation sites (N-methyl/N-ethyl adjacent to an activating group) is 1. The quantitative estimate of drug-likeness (QED) is 0.846. The van der Waals surface area contributed by atoms with Crippen molar-refractivity contribution in [2.75, 3.05) is 59.4 Å². The van der Waals surface area contributed by atoms with Crippen LogP contribution in [-0.2, 0) is 0 Å². The molecule has 3 aliphatic heterocycles. The summed E-state index contributed by atoms with van der Waals surface area (Å²) in [6.45, 7) is 9.81. The summed E-state index contributed by atoms with van der Waals surface area (Å²) in [5, 5.41) is 0. The van der Waals surface area contributed by atoms with E-state index in [1.807, 2.05) is 0 Å². The van der Waals surface area contributed by atoms with Crippen LogP contribution in [0, 0.1) is 5.92 Å².